The van der Waals surface area contributed by atoms with Crippen molar-refractivity contribution >= 4 is 11.8 Å². The predicted octanol–water partition coefficient (Wildman–Crippen LogP) is 2.70. The third kappa shape index (κ3) is 6.96. The molecule has 0 aliphatic carbocycles. The van der Waals surface area contributed by atoms with Crippen LogP contribution in [-0.4, -0.2) is 74.1 Å². The summed E-state index contributed by atoms with van der Waals surface area (Å²) in [6, 6.07) is 17.3. The van der Waals surface area contributed by atoms with Gasteiger partial charge in [-0.05, 0) is 50.6 Å². The van der Waals surface area contributed by atoms with Crippen LogP contribution in [0.1, 0.15) is 26.3 Å². The molecule has 0 radical (unpaired) electrons. The van der Waals surface area contributed by atoms with Gasteiger partial charge in [0.25, 0.3) is 0 Å². The maximum absolute atomic E-state index is 13.1. The molecule has 7 heteroatoms. The topological polar surface area (TPSA) is 71.1 Å². The van der Waals surface area contributed by atoms with E-state index in [0.29, 0.717) is 52.5 Å². The monoisotopic (exact) mass is 453 g/mol. The minimum atomic E-state index is -0.565. The van der Waals surface area contributed by atoms with Crippen LogP contribution in [0.25, 0.3) is 0 Å². The molecule has 1 aliphatic heterocycles. The molecule has 33 heavy (non-hydrogen) atoms. The second kappa shape index (κ2) is 11.7. The second-order valence-corrected chi connectivity index (χ2v) is 8.66. The molecule has 178 valence electrons. The molecule has 2 aromatic rings. The van der Waals surface area contributed by atoms with Crippen LogP contribution in [-0.2, 0) is 15.0 Å². The Morgan fingerprint density at radius 2 is 1.52 bits per heavy atom. The Balaban J connectivity index is 1.35. The molecule has 1 N–H and O–H groups in total. The third-order valence-electron chi connectivity index (χ3n) is 5.88. The van der Waals surface area contributed by atoms with Crippen LogP contribution in [0.15, 0.2) is 54.6 Å². The van der Waals surface area contributed by atoms with E-state index in [1.807, 2.05) is 80.3 Å². The van der Waals surface area contributed by atoms with Gasteiger partial charge in [-0.2, -0.15) is 0 Å². The molecule has 0 bridgehead atoms. The standard InChI is InChI=1S/C26H35N3O4/c1-4-32-22-10-12-23(13-11-22)33-19-14-27-24(30)20-28-15-17-29(18-16-28)25(31)26(2,3)21-8-6-5-7-9-21/h5-13H,4,14-20H2,1-3H3,(H,27,30). The zero-order valence-electron chi connectivity index (χ0n) is 19.9. The highest BCUT2D eigenvalue weighted by molar-refractivity contribution is 5.87. The number of ether oxygens (including phenoxy) is 2. The highest BCUT2D eigenvalue weighted by Crippen LogP contribution is 2.26. The molecule has 2 amide bonds. The van der Waals surface area contributed by atoms with Crippen LogP contribution >= 0.6 is 0 Å². The van der Waals surface area contributed by atoms with Gasteiger partial charge in [0.15, 0.2) is 0 Å². The average molecular weight is 454 g/mol. The number of nitrogens with one attached hydrogen (secondary N) is 1. The van der Waals surface area contributed by atoms with Crippen molar-refractivity contribution in [2.45, 2.75) is 26.2 Å². The molecular weight excluding hydrogens is 418 g/mol. The lowest BCUT2D eigenvalue weighted by Gasteiger charge is -2.38. The lowest BCUT2D eigenvalue weighted by molar-refractivity contribution is -0.138. The Morgan fingerprint density at radius 3 is 2.12 bits per heavy atom. The van der Waals surface area contributed by atoms with Gasteiger partial charge in [-0.15, -0.1) is 0 Å². The Morgan fingerprint density at radius 1 is 0.909 bits per heavy atom. The number of carbonyl (C=O) groups excluding carboxylic acids is 2. The Bertz CT molecular complexity index is 892. The summed E-state index contributed by atoms with van der Waals surface area (Å²) in [5.41, 5.74) is 0.453. The minimum Gasteiger partial charge on any atom is -0.494 e. The molecule has 0 spiro atoms. The second-order valence-electron chi connectivity index (χ2n) is 8.66. The Kier molecular flexibility index (Phi) is 8.72. The van der Waals surface area contributed by atoms with E-state index in [-0.39, 0.29) is 11.8 Å². The number of nitrogens with zero attached hydrogens (tertiary/aromatic N) is 2. The SMILES string of the molecule is CCOc1ccc(OCCNC(=O)CN2CCN(C(=O)C(C)(C)c3ccccc3)CC2)cc1. The van der Waals surface area contributed by atoms with Gasteiger partial charge in [-0.1, -0.05) is 30.3 Å². The van der Waals surface area contributed by atoms with E-state index in [2.05, 4.69) is 10.2 Å². The van der Waals surface area contributed by atoms with Crippen molar-refractivity contribution in [3.63, 3.8) is 0 Å². The van der Waals surface area contributed by atoms with Gasteiger partial charge in [-0.3, -0.25) is 14.5 Å². The maximum Gasteiger partial charge on any atom is 0.234 e. The molecule has 1 aliphatic rings. The summed E-state index contributed by atoms with van der Waals surface area (Å²) in [7, 11) is 0. The van der Waals surface area contributed by atoms with Gasteiger partial charge in [0.2, 0.25) is 11.8 Å². The summed E-state index contributed by atoms with van der Waals surface area (Å²) < 4.78 is 11.1. The van der Waals surface area contributed by atoms with Crippen molar-refractivity contribution < 1.29 is 19.1 Å². The van der Waals surface area contributed by atoms with Crippen molar-refractivity contribution in [1.82, 2.24) is 15.1 Å². The van der Waals surface area contributed by atoms with Gasteiger partial charge in [-0.25, -0.2) is 0 Å². The van der Waals surface area contributed by atoms with Gasteiger partial charge in [0.05, 0.1) is 25.1 Å². The Hall–Kier alpha value is -3.06. The lowest BCUT2D eigenvalue weighted by atomic mass is 9.83. The van der Waals surface area contributed by atoms with E-state index in [4.69, 9.17) is 9.47 Å². The molecule has 0 saturated carbocycles. The molecule has 7 nitrogen and oxygen atoms in total. The summed E-state index contributed by atoms with van der Waals surface area (Å²) >= 11 is 0. The van der Waals surface area contributed by atoms with Crippen molar-refractivity contribution in [3.8, 4) is 11.5 Å². The molecule has 0 aromatic heterocycles. The van der Waals surface area contributed by atoms with Crippen LogP contribution in [0.4, 0.5) is 0 Å². The van der Waals surface area contributed by atoms with E-state index >= 15 is 0 Å². The van der Waals surface area contributed by atoms with Crippen molar-refractivity contribution in [1.29, 1.82) is 0 Å². The minimum absolute atomic E-state index is 0.0327. The van der Waals surface area contributed by atoms with E-state index in [9.17, 15) is 9.59 Å². The lowest BCUT2D eigenvalue weighted by Crippen LogP contribution is -2.54. The average Bonchev–Trinajstić information content (AvgIpc) is 2.83. The first kappa shape index (κ1) is 24.6. The normalized spacial score (nSPS) is 14.6. The number of hydrogen-bond acceptors (Lipinski definition) is 5. The molecule has 0 unspecified atom stereocenters. The van der Waals surface area contributed by atoms with Gasteiger partial charge < -0.3 is 19.7 Å². The van der Waals surface area contributed by atoms with E-state index < -0.39 is 5.41 Å². The summed E-state index contributed by atoms with van der Waals surface area (Å²) in [5, 5.41) is 2.90. The fourth-order valence-electron chi connectivity index (χ4n) is 3.90. The van der Waals surface area contributed by atoms with Crippen LogP contribution in [0, 0.1) is 0 Å². The first-order valence-corrected chi connectivity index (χ1v) is 11.6. The van der Waals surface area contributed by atoms with Crippen LogP contribution in [0.5, 0.6) is 11.5 Å². The number of carbonyl (C=O) groups is 2. The molecular formula is C26H35N3O4. The fraction of sp³-hybridized carbons (Fsp3) is 0.462. The summed E-state index contributed by atoms with van der Waals surface area (Å²) in [6.07, 6.45) is 0. The largest absolute Gasteiger partial charge is 0.494 e. The summed E-state index contributed by atoms with van der Waals surface area (Å²) in [6.45, 7) is 10.3. The summed E-state index contributed by atoms with van der Waals surface area (Å²) in [4.78, 5) is 29.4. The predicted molar refractivity (Wildman–Crippen MR) is 129 cm³/mol. The number of amides is 2. The number of benzene rings is 2. The van der Waals surface area contributed by atoms with Gasteiger partial charge in [0, 0.05) is 26.2 Å². The first-order valence-electron chi connectivity index (χ1n) is 11.6. The summed E-state index contributed by atoms with van der Waals surface area (Å²) in [5.74, 6) is 1.65. The van der Waals surface area contributed by atoms with E-state index in [1.54, 1.807) is 0 Å². The first-order chi connectivity index (χ1) is 15.9. The van der Waals surface area contributed by atoms with Crippen LogP contribution in [0.2, 0.25) is 0 Å². The van der Waals surface area contributed by atoms with Crippen LogP contribution in [0.3, 0.4) is 0 Å². The molecule has 1 fully saturated rings. The van der Waals surface area contributed by atoms with Gasteiger partial charge >= 0.3 is 0 Å². The van der Waals surface area contributed by atoms with Crippen LogP contribution < -0.4 is 14.8 Å². The maximum atomic E-state index is 13.1. The zero-order chi connectivity index (χ0) is 23.7. The number of piperazine rings is 1. The number of hydrogen-bond donors (Lipinski definition) is 1. The molecule has 1 heterocycles. The quantitative estimate of drug-likeness (QED) is 0.560. The molecule has 0 atom stereocenters. The molecule has 2 aromatic carbocycles. The van der Waals surface area contributed by atoms with E-state index in [0.717, 1.165) is 17.1 Å². The highest BCUT2D eigenvalue weighted by atomic mass is 16.5. The van der Waals surface area contributed by atoms with Crippen molar-refractivity contribution in [2.75, 3.05) is 52.5 Å². The zero-order valence-corrected chi connectivity index (χ0v) is 19.9. The highest BCUT2D eigenvalue weighted by Gasteiger charge is 2.35. The third-order valence-corrected chi connectivity index (χ3v) is 5.88. The number of rotatable bonds is 10. The van der Waals surface area contributed by atoms with Crippen molar-refractivity contribution in [2.24, 2.45) is 0 Å². The van der Waals surface area contributed by atoms with Crippen molar-refractivity contribution in [3.05, 3.63) is 60.2 Å². The van der Waals surface area contributed by atoms with Gasteiger partial charge in [0.1, 0.15) is 18.1 Å². The Labute approximate surface area is 196 Å². The fourth-order valence-corrected chi connectivity index (χ4v) is 3.90. The smallest absolute Gasteiger partial charge is 0.234 e. The molecule has 1 saturated heterocycles. The molecule has 3 rings (SSSR count). The van der Waals surface area contributed by atoms with E-state index in [1.165, 1.54) is 0 Å².